The first-order valence-electron chi connectivity index (χ1n) is 3.91. The highest BCUT2D eigenvalue weighted by atomic mass is 19.4. The fourth-order valence-electron chi connectivity index (χ4n) is 0.624. The molecule has 0 aromatic carbocycles. The maximum absolute atomic E-state index is 12.4. The fourth-order valence-corrected chi connectivity index (χ4v) is 0.624. The predicted molar refractivity (Wildman–Crippen MR) is 34.2 cm³/mol. The Balaban J connectivity index is 5.73. The number of rotatable bonds is 4. The number of carbonyl (C=O) groups is 1. The van der Waals surface area contributed by atoms with E-state index in [9.17, 15) is 53.1 Å². The number of aliphatic hydroxyl groups is 1. The van der Waals surface area contributed by atoms with E-state index in [1.165, 1.54) is 0 Å². The van der Waals surface area contributed by atoms with Gasteiger partial charge in [-0.1, -0.05) is 0 Å². The summed E-state index contributed by atoms with van der Waals surface area (Å²) < 4.78 is 133. The number of hydrogen-bond acceptors (Lipinski definition) is 3. The van der Waals surface area contributed by atoms with Gasteiger partial charge in [0.25, 0.3) is 0 Å². The summed E-state index contributed by atoms with van der Waals surface area (Å²) in [5, 5.41) is 8.14. The fraction of sp³-hybridized carbons (Fsp3) is 0.833. The summed E-state index contributed by atoms with van der Waals surface area (Å²) in [6.07, 6.45) is -20.9. The van der Waals surface area contributed by atoms with E-state index in [4.69, 9.17) is 5.11 Å². The van der Waals surface area contributed by atoms with Crippen molar-refractivity contribution in [3.8, 4) is 0 Å². The van der Waals surface area contributed by atoms with Crippen molar-refractivity contribution < 1.29 is 62.9 Å². The lowest BCUT2D eigenvalue weighted by Gasteiger charge is -2.33. The van der Waals surface area contributed by atoms with E-state index >= 15 is 0 Å². The van der Waals surface area contributed by atoms with Crippen LogP contribution in [-0.2, 0) is 9.53 Å². The van der Waals surface area contributed by atoms with Crippen molar-refractivity contribution >= 4 is 6.04 Å². The van der Waals surface area contributed by atoms with Crippen molar-refractivity contribution in [3.05, 3.63) is 0 Å². The van der Waals surface area contributed by atoms with Gasteiger partial charge in [-0.05, 0) is 0 Å². The van der Waals surface area contributed by atoms with E-state index in [1.807, 2.05) is 0 Å². The minimum atomic E-state index is -7.24. The Kier molecular flexibility index (Phi) is 4.40. The molecule has 0 aliphatic rings. The van der Waals surface area contributed by atoms with E-state index in [0.29, 0.717) is 0 Å². The number of halogens is 11. The first-order valence-corrected chi connectivity index (χ1v) is 3.91. The highest BCUT2D eigenvalue weighted by molar-refractivity contribution is 5.77. The SMILES string of the molecule is O=C(F)C(O)(OC(F)(F)C(F)(F)C(F)(F)F)C(F)(F)F. The summed E-state index contributed by atoms with van der Waals surface area (Å²) in [6.45, 7) is 0. The molecule has 0 saturated heterocycles. The summed E-state index contributed by atoms with van der Waals surface area (Å²) >= 11 is 0. The zero-order chi connectivity index (χ0) is 16.8. The van der Waals surface area contributed by atoms with Gasteiger partial charge in [-0.3, -0.25) is 9.53 Å². The molecule has 0 aliphatic heterocycles. The van der Waals surface area contributed by atoms with Gasteiger partial charge in [-0.2, -0.15) is 48.3 Å². The first kappa shape index (κ1) is 18.8. The molecule has 0 spiro atoms. The third kappa shape index (κ3) is 2.94. The lowest BCUT2D eigenvalue weighted by atomic mass is 10.2. The Morgan fingerprint density at radius 3 is 1.35 bits per heavy atom. The van der Waals surface area contributed by atoms with E-state index in [-0.39, 0.29) is 0 Å². The van der Waals surface area contributed by atoms with Crippen LogP contribution in [0.1, 0.15) is 0 Å². The van der Waals surface area contributed by atoms with E-state index in [2.05, 4.69) is 0 Å². The van der Waals surface area contributed by atoms with Crippen LogP contribution in [-0.4, -0.2) is 41.3 Å². The molecule has 1 atom stereocenters. The third-order valence-electron chi connectivity index (χ3n) is 1.65. The first-order chi connectivity index (χ1) is 8.40. The minimum Gasteiger partial charge on any atom is -0.350 e. The average Bonchev–Trinajstić information content (AvgIpc) is 2.12. The molecule has 3 nitrogen and oxygen atoms in total. The summed E-state index contributed by atoms with van der Waals surface area (Å²) in [4.78, 5) is 9.75. The molecule has 0 aliphatic carbocycles. The van der Waals surface area contributed by atoms with Gasteiger partial charge in [0.1, 0.15) is 0 Å². The van der Waals surface area contributed by atoms with Crippen molar-refractivity contribution in [3.63, 3.8) is 0 Å². The quantitative estimate of drug-likeness (QED) is 0.490. The average molecular weight is 330 g/mol. The molecule has 14 heteroatoms. The molecule has 120 valence electrons. The Bertz CT molecular complexity index is 383. The van der Waals surface area contributed by atoms with Gasteiger partial charge in [0.15, 0.2) is 0 Å². The lowest BCUT2D eigenvalue weighted by molar-refractivity contribution is -0.485. The largest absolute Gasteiger partial charge is 0.462 e. The van der Waals surface area contributed by atoms with E-state index < -0.39 is 36.2 Å². The van der Waals surface area contributed by atoms with Gasteiger partial charge < -0.3 is 5.11 Å². The molecule has 1 N–H and O–H groups in total. The van der Waals surface area contributed by atoms with Crippen LogP contribution in [0.25, 0.3) is 0 Å². The van der Waals surface area contributed by atoms with Crippen LogP contribution >= 0.6 is 0 Å². The Hall–Kier alpha value is -1.18. The lowest BCUT2D eigenvalue weighted by Crippen LogP contribution is -2.62. The molecular weight excluding hydrogens is 329 g/mol. The van der Waals surface area contributed by atoms with Crippen LogP contribution in [0.5, 0.6) is 0 Å². The summed E-state index contributed by atoms with van der Waals surface area (Å²) in [6, 6.07) is -4.16. The summed E-state index contributed by atoms with van der Waals surface area (Å²) in [5.74, 6) is -13.4. The van der Waals surface area contributed by atoms with E-state index in [1.54, 1.807) is 4.74 Å². The minimum absolute atomic E-state index is 1.75. The van der Waals surface area contributed by atoms with Crippen molar-refractivity contribution in [2.45, 2.75) is 30.2 Å². The highest BCUT2D eigenvalue weighted by Gasteiger charge is 2.79. The zero-order valence-electron chi connectivity index (χ0n) is 8.42. The summed E-state index contributed by atoms with van der Waals surface area (Å²) in [7, 11) is 0. The van der Waals surface area contributed by atoms with Crippen molar-refractivity contribution in [2.75, 3.05) is 0 Å². The van der Waals surface area contributed by atoms with Gasteiger partial charge in [0.05, 0.1) is 0 Å². The van der Waals surface area contributed by atoms with Crippen LogP contribution < -0.4 is 0 Å². The van der Waals surface area contributed by atoms with Crippen LogP contribution in [0, 0.1) is 0 Å². The van der Waals surface area contributed by atoms with Crippen LogP contribution in [0.3, 0.4) is 0 Å². The second-order valence-electron chi connectivity index (χ2n) is 3.11. The van der Waals surface area contributed by atoms with Crippen molar-refractivity contribution in [2.24, 2.45) is 0 Å². The smallest absolute Gasteiger partial charge is 0.350 e. The van der Waals surface area contributed by atoms with Gasteiger partial charge in [0.2, 0.25) is 0 Å². The van der Waals surface area contributed by atoms with Crippen LogP contribution in [0.2, 0.25) is 0 Å². The van der Waals surface area contributed by atoms with Crippen molar-refractivity contribution in [1.82, 2.24) is 0 Å². The van der Waals surface area contributed by atoms with Gasteiger partial charge in [-0.15, -0.1) is 0 Å². The second kappa shape index (κ2) is 4.68. The summed E-state index contributed by atoms with van der Waals surface area (Å²) in [5.41, 5.74) is 0. The molecule has 0 fully saturated rings. The molecule has 0 saturated carbocycles. The molecule has 0 radical (unpaired) electrons. The normalized spacial score (nSPS) is 17.8. The monoisotopic (exact) mass is 330 g/mol. The topological polar surface area (TPSA) is 46.5 Å². The number of carbonyl (C=O) groups excluding carboxylic acids is 1. The van der Waals surface area contributed by atoms with Gasteiger partial charge in [0, 0.05) is 0 Å². The Labute approximate surface area is 100 Å². The van der Waals surface area contributed by atoms with Gasteiger partial charge >= 0.3 is 36.2 Å². The molecule has 0 bridgehead atoms. The maximum atomic E-state index is 12.4. The van der Waals surface area contributed by atoms with E-state index in [0.717, 1.165) is 0 Å². The number of hydrogen-bond donors (Lipinski definition) is 1. The molecule has 0 aromatic heterocycles. The Morgan fingerprint density at radius 2 is 1.15 bits per heavy atom. The van der Waals surface area contributed by atoms with Gasteiger partial charge in [-0.25, -0.2) is 0 Å². The molecule has 20 heavy (non-hydrogen) atoms. The number of alkyl halides is 10. The standard InChI is InChI=1S/C6HF11O3/c7-1(18)2(19,4(10,11)12)20-6(16,17)3(8,9)5(13,14)15/h19H. The molecule has 0 amide bonds. The third-order valence-corrected chi connectivity index (χ3v) is 1.65. The molecule has 1 unspecified atom stereocenters. The Morgan fingerprint density at radius 1 is 0.800 bits per heavy atom. The number of ether oxygens (including phenoxy) is 1. The highest BCUT2D eigenvalue weighted by Crippen LogP contribution is 2.50. The molecule has 0 heterocycles. The molecule has 0 aromatic rings. The van der Waals surface area contributed by atoms with Crippen LogP contribution in [0.4, 0.5) is 48.3 Å². The maximum Gasteiger partial charge on any atom is 0.462 e. The second-order valence-corrected chi connectivity index (χ2v) is 3.11. The molecular formula is C6HF11O3. The molecule has 0 rings (SSSR count). The van der Waals surface area contributed by atoms with Crippen LogP contribution in [0.15, 0.2) is 0 Å². The zero-order valence-corrected chi connectivity index (χ0v) is 8.42. The predicted octanol–water partition coefficient (Wildman–Crippen LogP) is 2.54. The van der Waals surface area contributed by atoms with Crippen molar-refractivity contribution in [1.29, 1.82) is 0 Å².